The first-order valence-electron chi connectivity index (χ1n) is 10.3. The Balaban J connectivity index is 2.50. The number of alkyl carbamates (subject to hydrolysis) is 1. The van der Waals surface area contributed by atoms with Crippen molar-refractivity contribution in [3.63, 3.8) is 0 Å². The molecule has 0 radical (unpaired) electrons. The van der Waals surface area contributed by atoms with Crippen molar-refractivity contribution in [1.82, 2.24) is 16.0 Å². The minimum Gasteiger partial charge on any atom is -0.480 e. The first kappa shape index (κ1) is 25.9. The Morgan fingerprint density at radius 3 is 2.26 bits per heavy atom. The molecule has 0 spiro atoms. The molecule has 9 heteroatoms. The van der Waals surface area contributed by atoms with E-state index in [1.807, 2.05) is 30.3 Å². The van der Waals surface area contributed by atoms with Crippen LogP contribution in [0.3, 0.4) is 0 Å². The molecule has 0 heterocycles. The van der Waals surface area contributed by atoms with Gasteiger partial charge in [-0.05, 0) is 45.6 Å². The Kier molecular flexibility index (Phi) is 11.1. The van der Waals surface area contributed by atoms with Crippen LogP contribution < -0.4 is 16.0 Å². The van der Waals surface area contributed by atoms with E-state index in [0.717, 1.165) is 5.56 Å². The number of carbonyl (C=O) groups excluding carboxylic acids is 3. The van der Waals surface area contributed by atoms with Crippen molar-refractivity contribution >= 4 is 23.9 Å². The molecule has 0 saturated heterocycles. The summed E-state index contributed by atoms with van der Waals surface area (Å²) in [6.45, 7) is 4.63. The highest BCUT2D eigenvalue weighted by molar-refractivity contribution is 5.82. The lowest BCUT2D eigenvalue weighted by atomic mass is 10.00. The molecule has 0 saturated carbocycles. The normalized spacial score (nSPS) is 11.8. The third kappa shape index (κ3) is 13.7. The first-order valence-corrected chi connectivity index (χ1v) is 10.3. The number of aliphatic carboxylic acids is 1. The largest absolute Gasteiger partial charge is 0.480 e. The molecule has 4 N–H and O–H groups in total. The number of carboxylic acid groups (broad SMARTS) is 1. The first-order chi connectivity index (χ1) is 14.5. The van der Waals surface area contributed by atoms with Crippen molar-refractivity contribution < 1.29 is 29.0 Å². The van der Waals surface area contributed by atoms with Gasteiger partial charge in [0.1, 0.15) is 18.7 Å². The van der Waals surface area contributed by atoms with E-state index in [-0.39, 0.29) is 30.8 Å². The van der Waals surface area contributed by atoms with Crippen LogP contribution in [0, 0.1) is 0 Å². The lowest BCUT2D eigenvalue weighted by Crippen LogP contribution is -2.44. The second-order valence-electron chi connectivity index (χ2n) is 8.23. The molecule has 0 fully saturated rings. The molecule has 0 aliphatic heterocycles. The molecular formula is C22H33N3O6. The number of nitrogens with one attached hydrogen (secondary N) is 3. The van der Waals surface area contributed by atoms with Crippen molar-refractivity contribution in [2.24, 2.45) is 0 Å². The van der Waals surface area contributed by atoms with Crippen LogP contribution in [0.5, 0.6) is 0 Å². The van der Waals surface area contributed by atoms with Crippen LogP contribution in [0.1, 0.15) is 52.0 Å². The zero-order valence-electron chi connectivity index (χ0n) is 18.4. The van der Waals surface area contributed by atoms with E-state index in [0.29, 0.717) is 25.7 Å². The molecule has 1 aromatic rings. The number of amides is 3. The van der Waals surface area contributed by atoms with Crippen LogP contribution in [0.25, 0.3) is 0 Å². The van der Waals surface area contributed by atoms with Gasteiger partial charge in [-0.2, -0.15) is 0 Å². The van der Waals surface area contributed by atoms with E-state index in [1.54, 1.807) is 20.8 Å². The van der Waals surface area contributed by atoms with Gasteiger partial charge in [0.2, 0.25) is 11.8 Å². The molecule has 0 bridgehead atoms. The molecule has 9 nitrogen and oxygen atoms in total. The zero-order valence-corrected chi connectivity index (χ0v) is 18.4. The van der Waals surface area contributed by atoms with E-state index >= 15 is 0 Å². The predicted molar refractivity (Wildman–Crippen MR) is 115 cm³/mol. The van der Waals surface area contributed by atoms with Gasteiger partial charge >= 0.3 is 12.1 Å². The summed E-state index contributed by atoms with van der Waals surface area (Å²) in [4.78, 5) is 46.1. The Morgan fingerprint density at radius 1 is 0.968 bits per heavy atom. The summed E-state index contributed by atoms with van der Waals surface area (Å²) in [7, 11) is 0. The summed E-state index contributed by atoms with van der Waals surface area (Å²) in [6.07, 6.45) is 2.07. The number of ether oxygens (including phenoxy) is 1. The van der Waals surface area contributed by atoms with Crippen LogP contribution in [-0.2, 0) is 25.5 Å². The van der Waals surface area contributed by atoms with Crippen LogP contribution in [0.2, 0.25) is 0 Å². The van der Waals surface area contributed by atoms with Crippen molar-refractivity contribution in [1.29, 1.82) is 0 Å². The lowest BCUT2D eigenvalue weighted by molar-refractivity contribution is -0.137. The standard InChI is InChI=1S/C22H33N3O6/c1-22(2,3)31-21(30)24-14-19(27)25-17(13-16-9-5-4-6-10-16)11-7-8-12-18(26)23-15-20(28)29/h4-6,9-10,17H,7-8,11-15H2,1-3H3,(H,23,26)(H,24,30)(H,25,27)(H,28,29)/t17-/m0/s1. The van der Waals surface area contributed by atoms with E-state index in [1.165, 1.54) is 0 Å². The summed E-state index contributed by atoms with van der Waals surface area (Å²) >= 11 is 0. The van der Waals surface area contributed by atoms with Crippen molar-refractivity contribution in [3.05, 3.63) is 35.9 Å². The summed E-state index contributed by atoms with van der Waals surface area (Å²) in [5, 5.41) is 16.3. The van der Waals surface area contributed by atoms with Crippen molar-refractivity contribution in [2.75, 3.05) is 13.1 Å². The topological polar surface area (TPSA) is 134 Å². The van der Waals surface area contributed by atoms with Crippen LogP contribution in [0.4, 0.5) is 4.79 Å². The highest BCUT2D eigenvalue weighted by atomic mass is 16.6. The Labute approximate surface area is 182 Å². The number of carbonyl (C=O) groups is 4. The number of carboxylic acids is 1. The van der Waals surface area contributed by atoms with Crippen LogP contribution in [-0.4, -0.2) is 53.7 Å². The van der Waals surface area contributed by atoms with Gasteiger partial charge in [-0.1, -0.05) is 36.8 Å². The fourth-order valence-electron chi connectivity index (χ4n) is 2.81. The third-order valence-electron chi connectivity index (χ3n) is 4.13. The molecule has 0 unspecified atom stereocenters. The fourth-order valence-corrected chi connectivity index (χ4v) is 2.81. The molecular weight excluding hydrogens is 402 g/mol. The van der Waals surface area contributed by atoms with Crippen molar-refractivity contribution in [2.45, 2.75) is 64.5 Å². The number of unbranched alkanes of at least 4 members (excludes halogenated alkanes) is 1. The van der Waals surface area contributed by atoms with E-state index in [9.17, 15) is 19.2 Å². The number of rotatable bonds is 12. The van der Waals surface area contributed by atoms with Gasteiger partial charge in [0.25, 0.3) is 0 Å². The highest BCUT2D eigenvalue weighted by Gasteiger charge is 2.18. The van der Waals surface area contributed by atoms with Gasteiger partial charge in [-0.3, -0.25) is 14.4 Å². The predicted octanol–water partition coefficient (Wildman–Crippen LogP) is 2.00. The molecule has 0 aliphatic rings. The summed E-state index contributed by atoms with van der Waals surface area (Å²) in [5.41, 5.74) is 0.416. The maximum absolute atomic E-state index is 12.3. The minimum absolute atomic E-state index is 0.169. The number of benzene rings is 1. The minimum atomic E-state index is -1.08. The average Bonchev–Trinajstić information content (AvgIpc) is 2.67. The maximum atomic E-state index is 12.3. The Morgan fingerprint density at radius 2 is 1.65 bits per heavy atom. The summed E-state index contributed by atoms with van der Waals surface area (Å²) in [6, 6.07) is 9.53. The van der Waals surface area contributed by atoms with Gasteiger partial charge < -0.3 is 25.8 Å². The molecule has 3 amide bonds. The number of hydrogen-bond acceptors (Lipinski definition) is 5. The smallest absolute Gasteiger partial charge is 0.408 e. The van der Waals surface area contributed by atoms with Crippen LogP contribution >= 0.6 is 0 Å². The monoisotopic (exact) mass is 435 g/mol. The second-order valence-corrected chi connectivity index (χ2v) is 8.23. The van der Waals surface area contributed by atoms with E-state index in [2.05, 4.69) is 16.0 Å². The number of hydrogen-bond donors (Lipinski definition) is 4. The molecule has 0 aromatic heterocycles. The van der Waals surface area contributed by atoms with Crippen LogP contribution in [0.15, 0.2) is 30.3 Å². The highest BCUT2D eigenvalue weighted by Crippen LogP contribution is 2.11. The molecule has 31 heavy (non-hydrogen) atoms. The Hall–Kier alpha value is -3.10. The quantitative estimate of drug-likeness (QED) is 0.371. The fraction of sp³-hybridized carbons (Fsp3) is 0.545. The summed E-state index contributed by atoms with van der Waals surface area (Å²) < 4.78 is 5.12. The van der Waals surface area contributed by atoms with E-state index < -0.39 is 24.2 Å². The second kappa shape index (κ2) is 13.3. The molecule has 172 valence electrons. The SMILES string of the molecule is CC(C)(C)OC(=O)NCC(=O)N[C@@H](CCCCC(=O)NCC(=O)O)Cc1ccccc1. The maximum Gasteiger partial charge on any atom is 0.408 e. The average molecular weight is 436 g/mol. The van der Waals surface area contributed by atoms with Gasteiger partial charge in [0.15, 0.2) is 0 Å². The van der Waals surface area contributed by atoms with Gasteiger partial charge in [0.05, 0.1) is 0 Å². The summed E-state index contributed by atoms with van der Waals surface area (Å²) in [5.74, 6) is -1.72. The Bertz CT molecular complexity index is 731. The van der Waals surface area contributed by atoms with Gasteiger partial charge in [-0.15, -0.1) is 0 Å². The molecule has 1 aromatic carbocycles. The lowest BCUT2D eigenvalue weighted by Gasteiger charge is -2.21. The molecule has 1 rings (SSSR count). The van der Waals surface area contributed by atoms with Crippen molar-refractivity contribution in [3.8, 4) is 0 Å². The van der Waals surface area contributed by atoms with E-state index in [4.69, 9.17) is 9.84 Å². The molecule has 0 aliphatic carbocycles. The van der Waals surface area contributed by atoms with Gasteiger partial charge in [-0.25, -0.2) is 4.79 Å². The molecule has 1 atom stereocenters. The van der Waals surface area contributed by atoms with Gasteiger partial charge in [0, 0.05) is 12.5 Å². The zero-order chi connectivity index (χ0) is 23.3. The third-order valence-corrected chi connectivity index (χ3v) is 4.13.